The number of hydrogen-bond acceptors (Lipinski definition) is 2. The summed E-state index contributed by atoms with van der Waals surface area (Å²) in [5.41, 5.74) is 1.45. The van der Waals surface area contributed by atoms with Crippen molar-refractivity contribution >= 4 is 23.8 Å². The van der Waals surface area contributed by atoms with Crippen LogP contribution in [-0.2, 0) is 4.79 Å². The smallest absolute Gasteiger partial charge is 0.328 e. The third-order valence-corrected chi connectivity index (χ3v) is 2.84. The molecule has 3 N–H and O–H groups in total. The molecule has 0 heterocycles. The minimum absolute atomic E-state index is 0.208. The zero-order valence-electron chi connectivity index (χ0n) is 10.4. The summed E-state index contributed by atoms with van der Waals surface area (Å²) in [6, 6.07) is 6.75. The fraction of sp³-hybridized carbons (Fsp3) is 0.286. The van der Waals surface area contributed by atoms with Gasteiger partial charge in [0.1, 0.15) is 0 Å². The lowest BCUT2D eigenvalue weighted by Gasteiger charge is -2.07. The summed E-state index contributed by atoms with van der Waals surface area (Å²) in [6.45, 7) is 0.727. The van der Waals surface area contributed by atoms with Crippen LogP contribution in [0, 0.1) is 5.92 Å². The van der Waals surface area contributed by atoms with Gasteiger partial charge in [0.2, 0.25) is 0 Å². The van der Waals surface area contributed by atoms with Crippen LogP contribution in [0.25, 0.3) is 6.08 Å². The Kier molecular flexibility index (Phi) is 4.18. The predicted molar refractivity (Wildman–Crippen MR) is 72.9 cm³/mol. The Labute approximate surface area is 111 Å². The first kappa shape index (κ1) is 13.1. The zero-order valence-corrected chi connectivity index (χ0v) is 10.4. The van der Waals surface area contributed by atoms with E-state index in [0.29, 0.717) is 11.6 Å². The first-order valence-electron chi connectivity index (χ1n) is 6.19. The number of amides is 2. The number of carboxylic acids is 1. The SMILES string of the molecule is O=C(O)C=Cc1ccc(NC(=O)NCC2CC2)cc1. The van der Waals surface area contributed by atoms with Gasteiger partial charge in [-0.25, -0.2) is 9.59 Å². The summed E-state index contributed by atoms with van der Waals surface area (Å²) in [5.74, 6) is -0.337. The van der Waals surface area contributed by atoms with E-state index in [1.807, 2.05) is 0 Å². The number of anilines is 1. The lowest BCUT2D eigenvalue weighted by molar-refractivity contribution is -0.131. The molecule has 1 aliphatic rings. The third-order valence-electron chi connectivity index (χ3n) is 2.84. The number of aliphatic carboxylic acids is 1. The van der Waals surface area contributed by atoms with E-state index >= 15 is 0 Å². The third kappa shape index (κ3) is 4.83. The maximum absolute atomic E-state index is 11.5. The lowest BCUT2D eigenvalue weighted by atomic mass is 10.2. The molecular weight excluding hydrogens is 244 g/mol. The molecule has 0 aliphatic heterocycles. The van der Waals surface area contributed by atoms with E-state index in [1.54, 1.807) is 24.3 Å². The van der Waals surface area contributed by atoms with Crippen molar-refractivity contribution in [2.75, 3.05) is 11.9 Å². The van der Waals surface area contributed by atoms with Gasteiger partial charge in [-0.15, -0.1) is 0 Å². The van der Waals surface area contributed by atoms with Gasteiger partial charge in [-0.05, 0) is 42.5 Å². The molecule has 1 aromatic carbocycles. The molecule has 5 heteroatoms. The molecule has 100 valence electrons. The Balaban J connectivity index is 1.83. The Bertz CT molecular complexity index is 490. The predicted octanol–water partition coefficient (Wildman–Crippen LogP) is 2.32. The van der Waals surface area contributed by atoms with Gasteiger partial charge < -0.3 is 15.7 Å². The minimum atomic E-state index is -0.985. The van der Waals surface area contributed by atoms with Gasteiger partial charge in [0.15, 0.2) is 0 Å². The normalized spacial score (nSPS) is 14.3. The molecule has 0 spiro atoms. The molecule has 0 unspecified atom stereocenters. The van der Waals surface area contributed by atoms with Gasteiger partial charge in [0.05, 0.1) is 0 Å². The average molecular weight is 260 g/mol. The van der Waals surface area contributed by atoms with E-state index in [9.17, 15) is 9.59 Å². The quantitative estimate of drug-likeness (QED) is 0.711. The summed E-state index contributed by atoms with van der Waals surface area (Å²) in [5, 5.41) is 14.0. The van der Waals surface area contributed by atoms with Crippen LogP contribution in [-0.4, -0.2) is 23.7 Å². The molecule has 0 saturated heterocycles. The van der Waals surface area contributed by atoms with Crippen LogP contribution in [0.1, 0.15) is 18.4 Å². The summed E-state index contributed by atoms with van der Waals surface area (Å²) in [4.78, 5) is 21.9. The maximum Gasteiger partial charge on any atom is 0.328 e. The lowest BCUT2D eigenvalue weighted by Crippen LogP contribution is -2.30. The molecule has 2 rings (SSSR count). The number of carbonyl (C=O) groups excluding carboxylic acids is 1. The van der Waals surface area contributed by atoms with E-state index in [1.165, 1.54) is 18.9 Å². The van der Waals surface area contributed by atoms with Gasteiger partial charge >= 0.3 is 12.0 Å². The zero-order chi connectivity index (χ0) is 13.7. The molecule has 1 saturated carbocycles. The second-order valence-corrected chi connectivity index (χ2v) is 4.57. The molecule has 1 fully saturated rings. The molecular formula is C14H16N2O3. The minimum Gasteiger partial charge on any atom is -0.478 e. The van der Waals surface area contributed by atoms with Crippen molar-refractivity contribution in [2.45, 2.75) is 12.8 Å². The van der Waals surface area contributed by atoms with E-state index in [2.05, 4.69) is 10.6 Å². The van der Waals surface area contributed by atoms with Crippen molar-refractivity contribution in [3.05, 3.63) is 35.9 Å². The second kappa shape index (κ2) is 6.04. The standard InChI is InChI=1S/C14H16N2O3/c17-13(18)8-5-10-3-6-12(7-4-10)16-14(19)15-9-11-1-2-11/h3-8,11H,1-2,9H2,(H,17,18)(H2,15,16,19). The van der Waals surface area contributed by atoms with Crippen molar-refractivity contribution in [3.8, 4) is 0 Å². The van der Waals surface area contributed by atoms with Crippen LogP contribution in [0.15, 0.2) is 30.3 Å². The molecule has 1 aromatic rings. The molecule has 5 nitrogen and oxygen atoms in total. The number of urea groups is 1. The monoisotopic (exact) mass is 260 g/mol. The Morgan fingerprint density at radius 3 is 2.53 bits per heavy atom. The summed E-state index contributed by atoms with van der Waals surface area (Å²) in [7, 11) is 0. The highest BCUT2D eigenvalue weighted by molar-refractivity contribution is 5.89. The van der Waals surface area contributed by atoms with Crippen LogP contribution >= 0.6 is 0 Å². The van der Waals surface area contributed by atoms with Gasteiger partial charge in [0, 0.05) is 18.3 Å². The topological polar surface area (TPSA) is 78.4 Å². The van der Waals surface area contributed by atoms with Gasteiger partial charge in [0.25, 0.3) is 0 Å². The maximum atomic E-state index is 11.5. The summed E-state index contributed by atoms with van der Waals surface area (Å²) in [6.07, 6.45) is 4.97. The highest BCUT2D eigenvalue weighted by atomic mass is 16.4. The fourth-order valence-corrected chi connectivity index (χ4v) is 1.58. The molecule has 0 atom stereocenters. The van der Waals surface area contributed by atoms with E-state index in [4.69, 9.17) is 5.11 Å². The molecule has 0 bridgehead atoms. The van der Waals surface area contributed by atoms with Gasteiger partial charge in [-0.1, -0.05) is 12.1 Å². The highest BCUT2D eigenvalue weighted by Crippen LogP contribution is 2.27. The number of benzene rings is 1. The molecule has 2 amide bonds. The number of nitrogens with one attached hydrogen (secondary N) is 2. The Hall–Kier alpha value is -2.30. The largest absolute Gasteiger partial charge is 0.478 e. The first-order chi connectivity index (χ1) is 9.13. The molecule has 19 heavy (non-hydrogen) atoms. The van der Waals surface area contributed by atoms with Crippen LogP contribution in [0.3, 0.4) is 0 Å². The fourth-order valence-electron chi connectivity index (χ4n) is 1.58. The Morgan fingerprint density at radius 1 is 1.26 bits per heavy atom. The van der Waals surface area contributed by atoms with Crippen LogP contribution in [0.2, 0.25) is 0 Å². The summed E-state index contributed by atoms with van der Waals surface area (Å²) >= 11 is 0. The number of hydrogen-bond donors (Lipinski definition) is 3. The van der Waals surface area contributed by atoms with Crippen molar-refractivity contribution in [1.29, 1.82) is 0 Å². The highest BCUT2D eigenvalue weighted by Gasteiger charge is 2.21. The number of carboxylic acid groups (broad SMARTS) is 1. The molecule has 1 aliphatic carbocycles. The van der Waals surface area contributed by atoms with E-state index in [-0.39, 0.29) is 6.03 Å². The van der Waals surface area contributed by atoms with Gasteiger partial charge in [-0.2, -0.15) is 0 Å². The van der Waals surface area contributed by atoms with Crippen molar-refractivity contribution in [2.24, 2.45) is 5.92 Å². The van der Waals surface area contributed by atoms with Crippen LogP contribution < -0.4 is 10.6 Å². The average Bonchev–Trinajstić information content (AvgIpc) is 3.19. The van der Waals surface area contributed by atoms with Crippen LogP contribution in [0.5, 0.6) is 0 Å². The van der Waals surface area contributed by atoms with Gasteiger partial charge in [-0.3, -0.25) is 0 Å². The first-order valence-corrected chi connectivity index (χ1v) is 6.19. The van der Waals surface area contributed by atoms with E-state index in [0.717, 1.165) is 18.2 Å². The van der Waals surface area contributed by atoms with Crippen molar-refractivity contribution in [1.82, 2.24) is 5.32 Å². The van der Waals surface area contributed by atoms with Crippen LogP contribution in [0.4, 0.5) is 10.5 Å². The van der Waals surface area contributed by atoms with E-state index < -0.39 is 5.97 Å². The summed E-state index contributed by atoms with van der Waals surface area (Å²) < 4.78 is 0. The molecule has 0 radical (unpaired) electrons. The Morgan fingerprint density at radius 2 is 1.95 bits per heavy atom. The van der Waals surface area contributed by atoms with Crippen molar-refractivity contribution < 1.29 is 14.7 Å². The number of carbonyl (C=O) groups is 2. The number of rotatable bonds is 5. The molecule has 0 aromatic heterocycles. The van der Waals surface area contributed by atoms with Crippen molar-refractivity contribution in [3.63, 3.8) is 0 Å². The second-order valence-electron chi connectivity index (χ2n) is 4.57.